The van der Waals surface area contributed by atoms with Crippen LogP contribution in [0.2, 0.25) is 0 Å². The van der Waals surface area contributed by atoms with Gasteiger partial charge in [0.15, 0.2) is 0 Å². The average Bonchev–Trinajstić information content (AvgIpc) is 0.811. The maximum absolute atomic E-state index is 9.00. The second-order valence-electron chi connectivity index (χ2n) is 0.402. The van der Waals surface area contributed by atoms with E-state index in [4.69, 9.17) is 4.79 Å². The molecule has 2 amide bonds. The summed E-state index contributed by atoms with van der Waals surface area (Å²) in [7, 11) is 0. The Balaban J connectivity index is -0.00000000125. The van der Waals surface area contributed by atoms with Gasteiger partial charge in [-0.15, -0.1) is 0 Å². The number of primary amides is 2. The van der Waals surface area contributed by atoms with E-state index >= 15 is 0 Å². The average molecular weight is 327 g/mol. The van der Waals surface area contributed by atoms with E-state index in [0.717, 1.165) is 0 Å². The number of urea groups is 1. The summed E-state index contributed by atoms with van der Waals surface area (Å²) in [6.45, 7) is 0. The van der Waals surface area contributed by atoms with Crippen molar-refractivity contribution in [2.75, 3.05) is 0 Å². The Morgan fingerprint density at radius 1 is 0.692 bits per heavy atom. The minimum absolute atomic E-state index is 0. The maximum atomic E-state index is 9.00. The van der Waals surface area contributed by atoms with Gasteiger partial charge in [-0.2, -0.15) is 0 Å². The monoisotopic (exact) mass is 326 g/mol. The number of nitrogens with two attached hydrogens (primary N) is 2. The summed E-state index contributed by atoms with van der Waals surface area (Å²) in [5.41, 5.74) is 8.50. The van der Waals surface area contributed by atoms with Crippen LogP contribution in [0.5, 0.6) is 0 Å². The molecule has 88 valence electrons. The van der Waals surface area contributed by atoms with Gasteiger partial charge in [0.2, 0.25) is 0 Å². The van der Waals surface area contributed by atoms with Crippen molar-refractivity contribution < 1.29 is 62.5 Å². The van der Waals surface area contributed by atoms with Crippen LogP contribution in [-0.2, 0) is 0 Å². The molecule has 16 N–H and O–H groups in total. The second kappa shape index (κ2) is 114. The molecule has 0 aliphatic heterocycles. The van der Waals surface area contributed by atoms with Crippen LogP contribution in [0.15, 0.2) is 0 Å². The molecule has 0 saturated heterocycles. The second-order valence-corrected chi connectivity index (χ2v) is 0.402. The van der Waals surface area contributed by atoms with Gasteiger partial charge in [-0.25, -0.2) is 4.79 Å². The van der Waals surface area contributed by atoms with Crippen molar-refractivity contribution in [3.63, 3.8) is 0 Å². The SMILES string of the molecule is NC(N)=O.O.O.O.O.O.O.[Cl-].[Cl-].[Sr+2]. The molecular weight excluding hydrogens is 311 g/mol. The number of carbonyl (C=O) groups excluding carboxylic acids is 1. The Hall–Kier alpha value is 1.09. The van der Waals surface area contributed by atoms with E-state index in [9.17, 15) is 0 Å². The van der Waals surface area contributed by atoms with Crippen molar-refractivity contribution in [1.29, 1.82) is 0 Å². The van der Waals surface area contributed by atoms with Crippen molar-refractivity contribution in [3.8, 4) is 0 Å². The van der Waals surface area contributed by atoms with E-state index in [1.165, 1.54) is 0 Å². The molecule has 0 rings (SSSR count). The summed E-state index contributed by atoms with van der Waals surface area (Å²) in [6, 6.07) is -0.833. The van der Waals surface area contributed by atoms with Crippen molar-refractivity contribution in [2.24, 2.45) is 11.5 Å². The quantitative estimate of drug-likeness (QED) is 0.403. The molecule has 0 aliphatic carbocycles. The Morgan fingerprint density at radius 2 is 0.692 bits per heavy atom. The Labute approximate surface area is 124 Å². The molecule has 0 spiro atoms. The topological polar surface area (TPSA) is 258 Å². The minimum atomic E-state index is -0.833. The van der Waals surface area contributed by atoms with E-state index in [2.05, 4.69) is 11.5 Å². The van der Waals surface area contributed by atoms with Gasteiger partial charge in [0, 0.05) is 0 Å². The first-order chi connectivity index (χ1) is 1.73. The largest absolute Gasteiger partial charge is 2.00 e. The molecule has 0 unspecified atom stereocenters. The normalized spacial score (nSPS) is 1.85. The number of carbonyl (C=O) groups is 1. The van der Waals surface area contributed by atoms with Crippen LogP contribution in [0, 0.1) is 0 Å². The zero-order chi connectivity index (χ0) is 3.58. The van der Waals surface area contributed by atoms with Gasteiger partial charge < -0.3 is 69.1 Å². The molecule has 0 atom stereocenters. The molecular formula is CH16Cl2N2O7Sr. The molecule has 0 heterocycles. The molecule has 0 aromatic carbocycles. The fraction of sp³-hybridized carbons (Fsp3) is 0. The molecule has 0 radical (unpaired) electrons. The molecule has 0 aliphatic rings. The third kappa shape index (κ3) is 1350. The molecule has 0 saturated carbocycles. The van der Waals surface area contributed by atoms with Gasteiger partial charge in [-0.05, 0) is 0 Å². The summed E-state index contributed by atoms with van der Waals surface area (Å²) >= 11 is 0. The molecule has 9 nitrogen and oxygen atoms in total. The zero-order valence-electron chi connectivity index (χ0n) is 6.53. The summed E-state index contributed by atoms with van der Waals surface area (Å²) in [4.78, 5) is 9.00. The van der Waals surface area contributed by atoms with Gasteiger partial charge in [0.05, 0.1) is 0 Å². The van der Waals surface area contributed by atoms with Crippen LogP contribution < -0.4 is 36.3 Å². The third-order valence-electron chi connectivity index (χ3n) is 0. The Kier molecular flexibility index (Phi) is 1270. The van der Waals surface area contributed by atoms with Crippen molar-refractivity contribution in [2.45, 2.75) is 0 Å². The number of hydrogen-bond donors (Lipinski definition) is 2. The van der Waals surface area contributed by atoms with Crippen LogP contribution in [0.3, 0.4) is 0 Å². The predicted molar refractivity (Wildman–Crippen MR) is 41.2 cm³/mol. The van der Waals surface area contributed by atoms with Gasteiger partial charge >= 0.3 is 51.5 Å². The van der Waals surface area contributed by atoms with E-state index in [1.54, 1.807) is 0 Å². The number of amides is 2. The Morgan fingerprint density at radius 3 is 0.692 bits per heavy atom. The minimum Gasteiger partial charge on any atom is -1.00 e. The van der Waals surface area contributed by atoms with Gasteiger partial charge in [0.25, 0.3) is 0 Å². The van der Waals surface area contributed by atoms with Crippen LogP contribution >= 0.6 is 0 Å². The smallest absolute Gasteiger partial charge is 1.00 e. The third-order valence-corrected chi connectivity index (χ3v) is 0. The van der Waals surface area contributed by atoms with E-state index in [-0.39, 0.29) is 103 Å². The molecule has 0 bridgehead atoms. The number of rotatable bonds is 0. The molecule has 0 aromatic rings. The van der Waals surface area contributed by atoms with Crippen LogP contribution in [0.4, 0.5) is 4.79 Å². The van der Waals surface area contributed by atoms with Gasteiger partial charge in [-0.1, -0.05) is 0 Å². The van der Waals surface area contributed by atoms with E-state index in [1.807, 2.05) is 0 Å². The molecule has 12 heteroatoms. The molecule has 0 aromatic heterocycles. The fourth-order valence-corrected chi connectivity index (χ4v) is 0. The summed E-state index contributed by atoms with van der Waals surface area (Å²) in [5, 5.41) is 0. The van der Waals surface area contributed by atoms with E-state index in [0.29, 0.717) is 0 Å². The summed E-state index contributed by atoms with van der Waals surface area (Å²) in [6.07, 6.45) is 0. The number of halogens is 2. The van der Waals surface area contributed by atoms with Crippen molar-refractivity contribution >= 4 is 51.5 Å². The molecule has 0 fully saturated rings. The predicted octanol–water partition coefficient (Wildman–Crippen LogP) is -12.3. The summed E-state index contributed by atoms with van der Waals surface area (Å²) < 4.78 is 0. The standard InChI is InChI=1S/CH4N2O.2ClH.6H2O.Sr/c2-1(3)4;;;;;;;;;/h(H4,2,3,4);2*1H;6*1H2;/q;;;;;;;;;+2/p-2. The van der Waals surface area contributed by atoms with Gasteiger partial charge in [0.1, 0.15) is 0 Å². The molecule has 13 heavy (non-hydrogen) atoms. The zero-order valence-corrected chi connectivity index (χ0v) is 11.5. The first-order valence-corrected chi connectivity index (χ1v) is 0.781. The maximum Gasteiger partial charge on any atom is 2.00 e. The van der Waals surface area contributed by atoms with E-state index < -0.39 is 6.03 Å². The first kappa shape index (κ1) is 144. The summed E-state index contributed by atoms with van der Waals surface area (Å²) in [5.74, 6) is 0. The van der Waals surface area contributed by atoms with Crippen molar-refractivity contribution in [3.05, 3.63) is 0 Å². The van der Waals surface area contributed by atoms with Crippen LogP contribution in [-0.4, -0.2) is 84.4 Å². The first-order valence-electron chi connectivity index (χ1n) is 0.781. The van der Waals surface area contributed by atoms with Crippen LogP contribution in [0.1, 0.15) is 0 Å². The van der Waals surface area contributed by atoms with Gasteiger partial charge in [-0.3, -0.25) is 0 Å². The fourth-order valence-electron chi connectivity index (χ4n) is 0. The van der Waals surface area contributed by atoms with Crippen LogP contribution in [0.25, 0.3) is 0 Å². The number of hydrogen-bond acceptors (Lipinski definition) is 1. The Bertz CT molecular complexity index is 47.5. The van der Waals surface area contributed by atoms with Crippen molar-refractivity contribution in [1.82, 2.24) is 0 Å².